The first-order valence-electron chi connectivity index (χ1n) is 5.66. The van der Waals surface area contributed by atoms with E-state index < -0.39 is 0 Å². The third kappa shape index (κ3) is 3.53. The van der Waals surface area contributed by atoms with Crippen LogP contribution in [0.15, 0.2) is 32.5 Å². The number of thiophene rings is 1. The number of amides is 1. The van der Waals surface area contributed by atoms with E-state index in [0.29, 0.717) is 22.9 Å². The molecule has 1 amide bonds. The Morgan fingerprint density at radius 1 is 1.40 bits per heavy atom. The minimum atomic E-state index is -0.133. The molecule has 0 saturated carbocycles. The van der Waals surface area contributed by atoms with E-state index in [1.807, 2.05) is 0 Å². The van der Waals surface area contributed by atoms with Gasteiger partial charge in [-0.15, -0.1) is 11.3 Å². The number of benzene rings is 1. The van der Waals surface area contributed by atoms with E-state index in [4.69, 9.17) is 10.5 Å². The highest BCUT2D eigenvalue weighted by Crippen LogP contribution is 2.32. The van der Waals surface area contributed by atoms with Gasteiger partial charge in [0.25, 0.3) is 5.91 Å². The van der Waals surface area contributed by atoms with Crippen molar-refractivity contribution < 1.29 is 9.53 Å². The summed E-state index contributed by atoms with van der Waals surface area (Å²) in [5, 5.41) is 2.85. The lowest BCUT2D eigenvalue weighted by atomic mass is 10.1. The van der Waals surface area contributed by atoms with Crippen LogP contribution in [0.1, 0.15) is 15.2 Å². The topological polar surface area (TPSA) is 64.3 Å². The van der Waals surface area contributed by atoms with Crippen molar-refractivity contribution in [2.75, 3.05) is 12.8 Å². The normalized spacial score (nSPS) is 10.3. The molecule has 0 aliphatic rings. The fraction of sp³-hybridized carbons (Fsp3) is 0.154. The van der Waals surface area contributed by atoms with Crippen LogP contribution in [0.25, 0.3) is 0 Å². The lowest BCUT2D eigenvalue weighted by Gasteiger charge is -2.10. The molecule has 0 bridgehead atoms. The summed E-state index contributed by atoms with van der Waals surface area (Å²) >= 11 is 8.10. The van der Waals surface area contributed by atoms with Crippen LogP contribution in [0.5, 0.6) is 5.75 Å². The van der Waals surface area contributed by atoms with E-state index in [0.717, 1.165) is 13.8 Å². The Kier molecular flexibility index (Phi) is 5.06. The number of rotatable bonds is 4. The average Bonchev–Trinajstić information content (AvgIpc) is 2.76. The van der Waals surface area contributed by atoms with Gasteiger partial charge in [0.2, 0.25) is 0 Å². The van der Waals surface area contributed by atoms with Crippen molar-refractivity contribution in [3.05, 3.63) is 43.0 Å². The molecular weight excluding hydrogens is 408 g/mol. The Morgan fingerprint density at radius 2 is 2.15 bits per heavy atom. The van der Waals surface area contributed by atoms with Crippen LogP contribution in [-0.2, 0) is 6.54 Å². The van der Waals surface area contributed by atoms with Gasteiger partial charge in [0.1, 0.15) is 5.75 Å². The number of anilines is 1. The van der Waals surface area contributed by atoms with Gasteiger partial charge in [-0.25, -0.2) is 0 Å². The van der Waals surface area contributed by atoms with Crippen LogP contribution in [0.3, 0.4) is 0 Å². The van der Waals surface area contributed by atoms with Gasteiger partial charge in [-0.05, 0) is 56.1 Å². The molecule has 7 heteroatoms. The van der Waals surface area contributed by atoms with Gasteiger partial charge in [0, 0.05) is 22.3 Å². The Labute approximate surface area is 137 Å². The van der Waals surface area contributed by atoms with Crippen molar-refractivity contribution in [3.63, 3.8) is 0 Å². The van der Waals surface area contributed by atoms with E-state index in [9.17, 15) is 4.79 Å². The summed E-state index contributed by atoms with van der Waals surface area (Å²) in [7, 11) is 1.59. The van der Waals surface area contributed by atoms with E-state index in [1.165, 1.54) is 11.3 Å². The van der Waals surface area contributed by atoms with Crippen LogP contribution in [0, 0.1) is 0 Å². The van der Waals surface area contributed by atoms with Crippen molar-refractivity contribution >= 4 is 54.8 Å². The maximum atomic E-state index is 12.1. The van der Waals surface area contributed by atoms with Gasteiger partial charge < -0.3 is 15.8 Å². The first-order chi connectivity index (χ1) is 9.51. The average molecular weight is 420 g/mol. The second-order valence-corrected chi connectivity index (χ2v) is 7.21. The smallest absolute Gasteiger partial charge is 0.261 e. The monoisotopic (exact) mass is 418 g/mol. The Bertz CT molecular complexity index is 624. The predicted molar refractivity (Wildman–Crippen MR) is 88.3 cm³/mol. The molecule has 0 spiro atoms. The quantitative estimate of drug-likeness (QED) is 0.741. The number of ether oxygens (including phenoxy) is 1. The highest BCUT2D eigenvalue weighted by molar-refractivity contribution is 9.13. The number of carbonyl (C=O) groups is 1. The van der Waals surface area contributed by atoms with Crippen LogP contribution in [-0.4, -0.2) is 13.0 Å². The van der Waals surface area contributed by atoms with Crippen molar-refractivity contribution in [1.29, 1.82) is 0 Å². The standard InChI is InChI=1S/C13H12Br2N2O2S/c1-19-10-3-2-8(16)4-7(10)6-17-13(18)11-5-9(14)12(15)20-11/h2-5H,6,16H2,1H3,(H,17,18). The van der Waals surface area contributed by atoms with Crippen LogP contribution < -0.4 is 15.8 Å². The maximum Gasteiger partial charge on any atom is 0.261 e. The molecule has 4 nitrogen and oxygen atoms in total. The zero-order chi connectivity index (χ0) is 14.7. The fourth-order valence-electron chi connectivity index (χ4n) is 1.66. The summed E-state index contributed by atoms with van der Waals surface area (Å²) in [5.41, 5.74) is 7.22. The van der Waals surface area contributed by atoms with E-state index in [2.05, 4.69) is 37.2 Å². The van der Waals surface area contributed by atoms with Gasteiger partial charge in [-0.3, -0.25) is 4.79 Å². The van der Waals surface area contributed by atoms with Gasteiger partial charge in [-0.2, -0.15) is 0 Å². The van der Waals surface area contributed by atoms with Crippen molar-refractivity contribution in [2.24, 2.45) is 0 Å². The summed E-state index contributed by atoms with van der Waals surface area (Å²) in [6.45, 7) is 0.361. The van der Waals surface area contributed by atoms with Crippen LogP contribution in [0.4, 0.5) is 5.69 Å². The zero-order valence-electron chi connectivity index (χ0n) is 10.6. The largest absolute Gasteiger partial charge is 0.496 e. The number of hydrogen-bond acceptors (Lipinski definition) is 4. The number of methoxy groups -OCH3 is 1. The summed E-state index contributed by atoms with van der Waals surface area (Å²) in [6.07, 6.45) is 0. The molecule has 1 aromatic heterocycles. The number of halogens is 2. The zero-order valence-corrected chi connectivity index (χ0v) is 14.6. The molecule has 1 heterocycles. The first kappa shape index (κ1) is 15.3. The molecule has 0 aliphatic carbocycles. The molecule has 0 unspecified atom stereocenters. The Balaban J connectivity index is 2.08. The lowest BCUT2D eigenvalue weighted by molar-refractivity contribution is 0.0954. The maximum absolute atomic E-state index is 12.1. The third-order valence-electron chi connectivity index (χ3n) is 2.61. The molecular formula is C13H12Br2N2O2S. The van der Waals surface area contributed by atoms with Crippen molar-refractivity contribution in [1.82, 2.24) is 5.32 Å². The van der Waals surface area contributed by atoms with Gasteiger partial charge >= 0.3 is 0 Å². The number of nitrogen functional groups attached to an aromatic ring is 1. The molecule has 0 aliphatic heterocycles. The molecule has 20 heavy (non-hydrogen) atoms. The predicted octanol–water partition coefficient (Wildman–Crippen LogP) is 3.79. The molecule has 0 fully saturated rings. The molecule has 2 rings (SSSR count). The molecule has 0 atom stereocenters. The summed E-state index contributed by atoms with van der Waals surface area (Å²) in [4.78, 5) is 12.7. The molecule has 2 aromatic rings. The first-order valence-corrected chi connectivity index (χ1v) is 8.07. The highest BCUT2D eigenvalue weighted by atomic mass is 79.9. The summed E-state index contributed by atoms with van der Waals surface area (Å²) in [6, 6.07) is 7.12. The van der Waals surface area contributed by atoms with E-state index in [-0.39, 0.29) is 5.91 Å². The molecule has 106 valence electrons. The number of nitrogens with one attached hydrogen (secondary N) is 1. The molecule has 0 saturated heterocycles. The van der Waals surface area contributed by atoms with Gasteiger partial charge in [-0.1, -0.05) is 0 Å². The third-order valence-corrected chi connectivity index (χ3v) is 5.87. The fourth-order valence-corrected chi connectivity index (χ4v) is 3.61. The summed E-state index contributed by atoms with van der Waals surface area (Å²) < 4.78 is 7.00. The molecule has 1 aromatic carbocycles. The molecule has 0 radical (unpaired) electrons. The van der Waals surface area contributed by atoms with Gasteiger partial charge in [0.05, 0.1) is 15.8 Å². The highest BCUT2D eigenvalue weighted by Gasteiger charge is 2.12. The van der Waals surface area contributed by atoms with E-state index >= 15 is 0 Å². The Hall–Kier alpha value is -1.05. The lowest BCUT2D eigenvalue weighted by Crippen LogP contribution is -2.22. The number of carbonyl (C=O) groups excluding carboxylic acids is 1. The number of hydrogen-bond donors (Lipinski definition) is 2. The minimum absolute atomic E-state index is 0.133. The van der Waals surface area contributed by atoms with Gasteiger partial charge in [0.15, 0.2) is 0 Å². The Morgan fingerprint density at radius 3 is 2.75 bits per heavy atom. The van der Waals surface area contributed by atoms with Crippen molar-refractivity contribution in [3.8, 4) is 5.75 Å². The van der Waals surface area contributed by atoms with Crippen LogP contribution >= 0.6 is 43.2 Å². The summed E-state index contributed by atoms with van der Waals surface area (Å²) in [5.74, 6) is 0.568. The second kappa shape index (κ2) is 6.60. The SMILES string of the molecule is COc1ccc(N)cc1CNC(=O)c1cc(Br)c(Br)s1. The number of nitrogens with two attached hydrogens (primary N) is 1. The van der Waals surface area contributed by atoms with Crippen molar-refractivity contribution in [2.45, 2.75) is 6.54 Å². The molecule has 3 N–H and O–H groups in total. The van der Waals surface area contributed by atoms with E-state index in [1.54, 1.807) is 31.4 Å². The second-order valence-electron chi connectivity index (χ2n) is 3.99. The van der Waals surface area contributed by atoms with Crippen LogP contribution in [0.2, 0.25) is 0 Å². The minimum Gasteiger partial charge on any atom is -0.496 e.